The van der Waals surface area contributed by atoms with Gasteiger partial charge in [-0.15, -0.1) is 0 Å². The van der Waals surface area contributed by atoms with Gasteiger partial charge >= 0.3 is 0 Å². The number of benzene rings is 2. The lowest BCUT2D eigenvalue weighted by atomic mass is 9.96. The Labute approximate surface area is 164 Å². The number of hydrogen-bond donors (Lipinski definition) is 2. The second-order valence-electron chi connectivity index (χ2n) is 7.76. The number of nitrogens with one attached hydrogen (secondary N) is 1. The SMILES string of the molecule is CC(C)(O)C1CCCN1C(=O)c1cccc(Nc2ncnc3ccccc23)c1. The monoisotopic (exact) mass is 376 g/mol. The van der Waals surface area contributed by atoms with Crippen molar-refractivity contribution in [2.24, 2.45) is 0 Å². The van der Waals surface area contributed by atoms with Gasteiger partial charge in [0.25, 0.3) is 5.91 Å². The number of anilines is 2. The molecule has 0 radical (unpaired) electrons. The summed E-state index contributed by atoms with van der Waals surface area (Å²) in [4.78, 5) is 23.5. The molecule has 0 bridgehead atoms. The van der Waals surface area contributed by atoms with Gasteiger partial charge in [-0.3, -0.25) is 4.79 Å². The first kappa shape index (κ1) is 18.4. The van der Waals surface area contributed by atoms with Crippen molar-refractivity contribution in [1.82, 2.24) is 14.9 Å². The van der Waals surface area contributed by atoms with Crippen molar-refractivity contribution >= 4 is 28.3 Å². The molecule has 3 aromatic rings. The molecule has 0 aliphatic carbocycles. The highest BCUT2D eigenvalue weighted by Gasteiger charge is 2.38. The first-order valence-electron chi connectivity index (χ1n) is 9.54. The molecule has 0 saturated carbocycles. The summed E-state index contributed by atoms with van der Waals surface area (Å²) >= 11 is 0. The number of carbonyl (C=O) groups is 1. The first-order chi connectivity index (χ1) is 13.4. The van der Waals surface area contributed by atoms with Crippen LogP contribution in [0.2, 0.25) is 0 Å². The number of amides is 1. The predicted molar refractivity (Wildman–Crippen MR) is 110 cm³/mol. The van der Waals surface area contributed by atoms with E-state index in [-0.39, 0.29) is 11.9 Å². The maximum Gasteiger partial charge on any atom is 0.254 e. The van der Waals surface area contributed by atoms with Gasteiger partial charge in [0.2, 0.25) is 0 Å². The maximum absolute atomic E-state index is 13.1. The van der Waals surface area contributed by atoms with Crippen LogP contribution in [0.4, 0.5) is 11.5 Å². The lowest BCUT2D eigenvalue weighted by Crippen LogP contribution is -2.48. The fourth-order valence-electron chi connectivity index (χ4n) is 3.88. The zero-order valence-corrected chi connectivity index (χ0v) is 16.1. The Morgan fingerprint density at radius 1 is 1.18 bits per heavy atom. The Morgan fingerprint density at radius 3 is 2.82 bits per heavy atom. The van der Waals surface area contributed by atoms with Crippen LogP contribution in [0.5, 0.6) is 0 Å². The van der Waals surface area contributed by atoms with Gasteiger partial charge in [-0.2, -0.15) is 0 Å². The van der Waals surface area contributed by atoms with E-state index in [0.717, 1.165) is 29.4 Å². The average Bonchev–Trinajstić information content (AvgIpc) is 3.18. The summed E-state index contributed by atoms with van der Waals surface area (Å²) in [6, 6.07) is 15.0. The molecule has 1 saturated heterocycles. The smallest absolute Gasteiger partial charge is 0.254 e. The van der Waals surface area contributed by atoms with E-state index in [2.05, 4.69) is 15.3 Å². The highest BCUT2D eigenvalue weighted by atomic mass is 16.3. The molecule has 1 amide bonds. The second kappa shape index (κ2) is 7.20. The molecule has 144 valence electrons. The summed E-state index contributed by atoms with van der Waals surface area (Å²) in [5.41, 5.74) is 1.33. The van der Waals surface area contributed by atoms with Crippen molar-refractivity contribution in [3.63, 3.8) is 0 Å². The number of para-hydroxylation sites is 1. The lowest BCUT2D eigenvalue weighted by Gasteiger charge is -2.34. The first-order valence-corrected chi connectivity index (χ1v) is 9.54. The number of nitrogens with zero attached hydrogens (tertiary/aromatic N) is 3. The molecule has 6 heteroatoms. The highest BCUT2D eigenvalue weighted by Crippen LogP contribution is 2.29. The van der Waals surface area contributed by atoms with Crippen LogP contribution in [-0.2, 0) is 0 Å². The molecule has 1 aliphatic heterocycles. The molecule has 1 unspecified atom stereocenters. The average molecular weight is 376 g/mol. The van der Waals surface area contributed by atoms with E-state index >= 15 is 0 Å². The van der Waals surface area contributed by atoms with Gasteiger partial charge in [0.05, 0.1) is 17.2 Å². The lowest BCUT2D eigenvalue weighted by molar-refractivity contribution is 0.000339. The van der Waals surface area contributed by atoms with E-state index in [4.69, 9.17) is 0 Å². The molecular formula is C22H24N4O2. The third kappa shape index (κ3) is 3.55. The van der Waals surface area contributed by atoms with E-state index in [0.29, 0.717) is 17.9 Å². The summed E-state index contributed by atoms with van der Waals surface area (Å²) in [6.45, 7) is 4.20. The van der Waals surface area contributed by atoms with Crippen LogP contribution in [0.15, 0.2) is 54.9 Å². The summed E-state index contributed by atoms with van der Waals surface area (Å²) in [5, 5.41) is 14.6. The number of aromatic nitrogens is 2. The van der Waals surface area contributed by atoms with E-state index in [1.807, 2.05) is 48.5 Å². The zero-order chi connectivity index (χ0) is 19.7. The summed E-state index contributed by atoms with van der Waals surface area (Å²) in [7, 11) is 0. The Bertz CT molecular complexity index is 1010. The van der Waals surface area contributed by atoms with Gasteiger partial charge < -0.3 is 15.3 Å². The van der Waals surface area contributed by atoms with Crippen molar-refractivity contribution in [2.75, 3.05) is 11.9 Å². The van der Waals surface area contributed by atoms with Gasteiger partial charge in [0, 0.05) is 23.2 Å². The Hall–Kier alpha value is -2.99. The fourth-order valence-corrected chi connectivity index (χ4v) is 3.88. The van der Waals surface area contributed by atoms with E-state index in [1.54, 1.807) is 18.7 Å². The zero-order valence-electron chi connectivity index (χ0n) is 16.1. The van der Waals surface area contributed by atoms with Crippen LogP contribution in [0, 0.1) is 0 Å². The molecule has 1 aliphatic rings. The standard InChI is InChI=1S/C22H24N4O2/c1-22(2,28)19-11-6-12-26(19)21(27)15-7-5-8-16(13-15)25-20-17-9-3-4-10-18(17)23-14-24-20/h3-5,7-10,13-14,19,28H,6,11-12H2,1-2H3,(H,23,24,25). The molecule has 0 spiro atoms. The van der Waals surface area contributed by atoms with Gasteiger partial charge in [-0.05, 0) is 57.0 Å². The molecule has 1 aromatic heterocycles. The minimum absolute atomic E-state index is 0.0548. The Morgan fingerprint density at radius 2 is 2.00 bits per heavy atom. The van der Waals surface area contributed by atoms with Crippen molar-refractivity contribution in [2.45, 2.75) is 38.3 Å². The van der Waals surface area contributed by atoms with Crippen LogP contribution in [0.1, 0.15) is 37.0 Å². The highest BCUT2D eigenvalue weighted by molar-refractivity contribution is 5.96. The van der Waals surface area contributed by atoms with Gasteiger partial charge in [-0.25, -0.2) is 9.97 Å². The minimum Gasteiger partial charge on any atom is -0.388 e. The molecule has 2 N–H and O–H groups in total. The Kier molecular flexibility index (Phi) is 4.73. The normalized spacial score (nSPS) is 17.1. The molecular weight excluding hydrogens is 352 g/mol. The molecule has 28 heavy (non-hydrogen) atoms. The number of hydrogen-bond acceptors (Lipinski definition) is 5. The topological polar surface area (TPSA) is 78.4 Å². The summed E-state index contributed by atoms with van der Waals surface area (Å²) < 4.78 is 0. The molecule has 6 nitrogen and oxygen atoms in total. The van der Waals surface area contributed by atoms with E-state index in [1.165, 1.54) is 6.33 Å². The minimum atomic E-state index is -0.915. The van der Waals surface area contributed by atoms with Crippen LogP contribution < -0.4 is 5.32 Å². The van der Waals surface area contributed by atoms with Gasteiger partial charge in [0.1, 0.15) is 12.1 Å². The summed E-state index contributed by atoms with van der Waals surface area (Å²) in [5.74, 6) is 0.645. The third-order valence-corrected chi connectivity index (χ3v) is 5.24. The van der Waals surface area contributed by atoms with E-state index < -0.39 is 5.60 Å². The Balaban J connectivity index is 1.60. The number of aliphatic hydroxyl groups is 1. The van der Waals surface area contributed by atoms with E-state index in [9.17, 15) is 9.90 Å². The van der Waals surface area contributed by atoms with Crippen LogP contribution in [0.25, 0.3) is 10.9 Å². The largest absolute Gasteiger partial charge is 0.388 e. The molecule has 4 rings (SSSR count). The van der Waals surface area contributed by atoms with Crippen molar-refractivity contribution in [3.05, 3.63) is 60.4 Å². The molecule has 2 heterocycles. The van der Waals surface area contributed by atoms with Gasteiger partial charge in [-0.1, -0.05) is 18.2 Å². The second-order valence-corrected chi connectivity index (χ2v) is 7.76. The van der Waals surface area contributed by atoms with Crippen molar-refractivity contribution in [1.29, 1.82) is 0 Å². The number of likely N-dealkylation sites (tertiary alicyclic amines) is 1. The molecule has 1 fully saturated rings. The predicted octanol–water partition coefficient (Wildman–Crippen LogP) is 3.75. The number of carbonyl (C=O) groups excluding carboxylic acids is 1. The third-order valence-electron chi connectivity index (χ3n) is 5.24. The molecule has 2 aromatic carbocycles. The quantitative estimate of drug-likeness (QED) is 0.725. The maximum atomic E-state index is 13.1. The van der Waals surface area contributed by atoms with Crippen molar-refractivity contribution < 1.29 is 9.90 Å². The van der Waals surface area contributed by atoms with Crippen LogP contribution >= 0.6 is 0 Å². The molecule has 1 atom stereocenters. The van der Waals surface area contributed by atoms with Crippen LogP contribution in [0.3, 0.4) is 0 Å². The summed E-state index contributed by atoms with van der Waals surface area (Å²) in [6.07, 6.45) is 3.25. The van der Waals surface area contributed by atoms with Crippen LogP contribution in [-0.4, -0.2) is 44.1 Å². The van der Waals surface area contributed by atoms with Crippen molar-refractivity contribution in [3.8, 4) is 0 Å². The fraction of sp³-hybridized carbons (Fsp3) is 0.318. The van der Waals surface area contributed by atoms with Gasteiger partial charge in [0.15, 0.2) is 0 Å². The number of rotatable bonds is 4. The number of fused-ring (bicyclic) bond motifs is 1.